The summed E-state index contributed by atoms with van der Waals surface area (Å²) in [7, 11) is 5.43. The molecule has 0 aliphatic carbocycles. The lowest BCUT2D eigenvalue weighted by Crippen LogP contribution is -2.37. The Hall–Kier alpha value is -2.24. The summed E-state index contributed by atoms with van der Waals surface area (Å²) in [6, 6.07) is 12.2. The Morgan fingerprint density at radius 3 is 2.46 bits per heavy atom. The topological polar surface area (TPSA) is 67.6 Å². The second kappa shape index (κ2) is 8.04. The van der Waals surface area contributed by atoms with Crippen molar-refractivity contribution in [2.24, 2.45) is 5.73 Å². The van der Waals surface area contributed by atoms with E-state index in [1.165, 1.54) is 0 Å². The number of nitrogens with one attached hydrogen (secondary N) is 1. The van der Waals surface area contributed by atoms with E-state index in [2.05, 4.69) is 5.32 Å². The predicted molar refractivity (Wildman–Crippen MR) is 99.1 cm³/mol. The SMILES string of the molecule is COc1ccc(C[C@H](N)C(=O)Nc2ccc(N(C)C)c(Cl)c2)cc1. The zero-order chi connectivity index (χ0) is 17.7. The number of carbonyl (C=O) groups excluding carboxylic acids is 1. The van der Waals surface area contributed by atoms with Crippen molar-refractivity contribution in [2.75, 3.05) is 31.4 Å². The number of amides is 1. The zero-order valence-corrected chi connectivity index (χ0v) is 14.8. The fourth-order valence-electron chi connectivity index (χ4n) is 2.29. The standard InChI is InChI=1S/C18H22ClN3O2/c1-22(2)17-9-6-13(11-15(17)19)21-18(23)16(20)10-12-4-7-14(24-3)8-5-12/h4-9,11,16H,10,20H2,1-3H3,(H,21,23)/t16-/m0/s1. The van der Waals surface area contributed by atoms with E-state index in [1.807, 2.05) is 49.3 Å². The summed E-state index contributed by atoms with van der Waals surface area (Å²) in [5.74, 6) is 0.520. The van der Waals surface area contributed by atoms with Crippen LogP contribution >= 0.6 is 11.6 Å². The molecule has 1 amide bonds. The van der Waals surface area contributed by atoms with Gasteiger partial charge in [0.2, 0.25) is 5.91 Å². The van der Waals surface area contributed by atoms with Crippen LogP contribution < -0.4 is 20.7 Å². The van der Waals surface area contributed by atoms with Crippen molar-refractivity contribution in [1.29, 1.82) is 0 Å². The van der Waals surface area contributed by atoms with E-state index in [0.29, 0.717) is 17.1 Å². The Morgan fingerprint density at radius 1 is 1.25 bits per heavy atom. The number of carbonyl (C=O) groups is 1. The predicted octanol–water partition coefficient (Wildman–Crippen LogP) is 2.92. The highest BCUT2D eigenvalue weighted by atomic mass is 35.5. The van der Waals surface area contributed by atoms with Crippen LogP contribution in [0.2, 0.25) is 5.02 Å². The zero-order valence-electron chi connectivity index (χ0n) is 14.0. The van der Waals surface area contributed by atoms with Crippen LogP contribution in [0, 0.1) is 0 Å². The summed E-state index contributed by atoms with van der Waals surface area (Å²) in [5, 5.41) is 3.37. The third-order valence-electron chi connectivity index (χ3n) is 3.65. The molecule has 0 saturated heterocycles. The lowest BCUT2D eigenvalue weighted by molar-refractivity contribution is -0.117. The second-order valence-corrected chi connectivity index (χ2v) is 6.12. The minimum Gasteiger partial charge on any atom is -0.497 e. The summed E-state index contributed by atoms with van der Waals surface area (Å²) in [4.78, 5) is 14.2. The number of nitrogens with two attached hydrogens (primary N) is 1. The highest BCUT2D eigenvalue weighted by Crippen LogP contribution is 2.27. The number of rotatable bonds is 6. The molecule has 0 unspecified atom stereocenters. The molecule has 0 aliphatic rings. The van der Waals surface area contributed by atoms with Gasteiger partial charge in [0.25, 0.3) is 0 Å². The molecule has 2 rings (SSSR count). The van der Waals surface area contributed by atoms with E-state index in [0.717, 1.165) is 17.0 Å². The van der Waals surface area contributed by atoms with Crippen LogP contribution in [-0.2, 0) is 11.2 Å². The number of methoxy groups -OCH3 is 1. The van der Waals surface area contributed by atoms with Gasteiger partial charge in [0.1, 0.15) is 5.75 Å². The molecule has 128 valence electrons. The first-order valence-electron chi connectivity index (χ1n) is 7.57. The molecule has 3 N–H and O–H groups in total. The lowest BCUT2D eigenvalue weighted by Gasteiger charge is -2.16. The molecule has 2 aromatic rings. The molecule has 0 fully saturated rings. The first kappa shape index (κ1) is 18.1. The smallest absolute Gasteiger partial charge is 0.241 e. The van der Waals surface area contributed by atoms with Crippen LogP contribution in [-0.4, -0.2) is 33.2 Å². The summed E-state index contributed by atoms with van der Waals surface area (Å²) in [5.41, 5.74) is 8.48. The van der Waals surface area contributed by atoms with Gasteiger partial charge in [0.05, 0.1) is 23.9 Å². The average Bonchev–Trinajstić information content (AvgIpc) is 2.55. The maximum Gasteiger partial charge on any atom is 0.241 e. The summed E-state index contributed by atoms with van der Waals surface area (Å²) >= 11 is 6.21. The van der Waals surface area contributed by atoms with Crippen LogP contribution in [0.3, 0.4) is 0 Å². The Labute approximate surface area is 147 Å². The highest BCUT2D eigenvalue weighted by Gasteiger charge is 2.15. The molecule has 2 aromatic carbocycles. The molecule has 0 aromatic heterocycles. The molecule has 0 aliphatic heterocycles. The maximum absolute atomic E-state index is 12.3. The van der Waals surface area contributed by atoms with E-state index in [4.69, 9.17) is 22.1 Å². The van der Waals surface area contributed by atoms with Crippen molar-refractivity contribution in [3.8, 4) is 5.75 Å². The number of benzene rings is 2. The number of anilines is 2. The first-order chi connectivity index (χ1) is 11.4. The van der Waals surface area contributed by atoms with Crippen LogP contribution in [0.4, 0.5) is 11.4 Å². The van der Waals surface area contributed by atoms with Gasteiger partial charge in [-0.25, -0.2) is 0 Å². The van der Waals surface area contributed by atoms with E-state index < -0.39 is 6.04 Å². The number of hydrogen-bond donors (Lipinski definition) is 2. The molecular weight excluding hydrogens is 326 g/mol. The fraction of sp³-hybridized carbons (Fsp3) is 0.278. The summed E-state index contributed by atoms with van der Waals surface area (Å²) in [6.07, 6.45) is 0.444. The van der Waals surface area contributed by atoms with Crippen LogP contribution in [0.15, 0.2) is 42.5 Å². The first-order valence-corrected chi connectivity index (χ1v) is 7.94. The molecule has 0 radical (unpaired) electrons. The van der Waals surface area contributed by atoms with E-state index in [9.17, 15) is 4.79 Å². The van der Waals surface area contributed by atoms with Crippen molar-refractivity contribution in [3.63, 3.8) is 0 Å². The summed E-state index contributed by atoms with van der Waals surface area (Å²) in [6.45, 7) is 0. The number of nitrogens with zero attached hydrogens (tertiary/aromatic N) is 1. The van der Waals surface area contributed by atoms with Gasteiger partial charge in [-0.15, -0.1) is 0 Å². The van der Waals surface area contributed by atoms with E-state index in [-0.39, 0.29) is 5.91 Å². The second-order valence-electron chi connectivity index (χ2n) is 5.71. The Morgan fingerprint density at radius 2 is 1.92 bits per heavy atom. The van der Waals surface area contributed by atoms with Crippen LogP contribution in [0.1, 0.15) is 5.56 Å². The molecular formula is C18H22ClN3O2. The molecule has 24 heavy (non-hydrogen) atoms. The maximum atomic E-state index is 12.3. The van der Waals surface area contributed by atoms with Crippen molar-refractivity contribution < 1.29 is 9.53 Å². The monoisotopic (exact) mass is 347 g/mol. The fourth-order valence-corrected chi connectivity index (χ4v) is 2.64. The van der Waals surface area contributed by atoms with Gasteiger partial charge in [0.15, 0.2) is 0 Å². The molecule has 0 bridgehead atoms. The van der Waals surface area contributed by atoms with Gasteiger partial charge in [-0.05, 0) is 42.3 Å². The average molecular weight is 348 g/mol. The highest BCUT2D eigenvalue weighted by molar-refractivity contribution is 6.33. The van der Waals surface area contributed by atoms with Crippen molar-refractivity contribution in [1.82, 2.24) is 0 Å². The summed E-state index contributed by atoms with van der Waals surface area (Å²) < 4.78 is 5.11. The minimum atomic E-state index is -0.648. The Balaban J connectivity index is 1.99. The van der Waals surface area contributed by atoms with Crippen molar-refractivity contribution >= 4 is 28.9 Å². The van der Waals surface area contributed by atoms with Gasteiger partial charge in [-0.1, -0.05) is 23.7 Å². The van der Waals surface area contributed by atoms with Gasteiger partial charge < -0.3 is 20.7 Å². The quantitative estimate of drug-likeness (QED) is 0.843. The van der Waals surface area contributed by atoms with E-state index >= 15 is 0 Å². The lowest BCUT2D eigenvalue weighted by atomic mass is 10.1. The van der Waals surface area contributed by atoms with Crippen LogP contribution in [0.5, 0.6) is 5.75 Å². The van der Waals surface area contributed by atoms with Crippen LogP contribution in [0.25, 0.3) is 0 Å². The largest absolute Gasteiger partial charge is 0.497 e. The third-order valence-corrected chi connectivity index (χ3v) is 3.95. The van der Waals surface area contributed by atoms with Gasteiger partial charge in [-0.2, -0.15) is 0 Å². The Bertz CT molecular complexity index is 702. The minimum absolute atomic E-state index is 0.250. The number of hydrogen-bond acceptors (Lipinski definition) is 4. The van der Waals surface area contributed by atoms with Gasteiger partial charge >= 0.3 is 0 Å². The number of ether oxygens (including phenoxy) is 1. The molecule has 6 heteroatoms. The van der Waals surface area contributed by atoms with Gasteiger partial charge in [0, 0.05) is 19.8 Å². The van der Waals surface area contributed by atoms with Gasteiger partial charge in [-0.3, -0.25) is 4.79 Å². The molecule has 0 saturated carbocycles. The molecule has 1 atom stereocenters. The normalized spacial score (nSPS) is 11.7. The molecule has 0 spiro atoms. The van der Waals surface area contributed by atoms with Crippen molar-refractivity contribution in [2.45, 2.75) is 12.5 Å². The van der Waals surface area contributed by atoms with Crippen molar-refractivity contribution in [3.05, 3.63) is 53.1 Å². The number of halogens is 1. The third kappa shape index (κ3) is 4.63. The molecule has 0 heterocycles. The Kier molecular flexibility index (Phi) is 6.06. The molecule has 5 nitrogen and oxygen atoms in total. The van der Waals surface area contributed by atoms with E-state index in [1.54, 1.807) is 19.2 Å².